The van der Waals surface area contributed by atoms with Gasteiger partial charge in [-0.05, 0) is 12.1 Å². The van der Waals surface area contributed by atoms with Gasteiger partial charge < -0.3 is 14.2 Å². The summed E-state index contributed by atoms with van der Waals surface area (Å²) in [5.74, 6) is 0.740. The summed E-state index contributed by atoms with van der Waals surface area (Å²) >= 11 is 0. The molecule has 0 fully saturated rings. The predicted molar refractivity (Wildman–Crippen MR) is 77.2 cm³/mol. The molecule has 20 heavy (non-hydrogen) atoms. The predicted octanol–water partition coefficient (Wildman–Crippen LogP) is 2.96. The third-order valence-electron chi connectivity index (χ3n) is 2.76. The van der Waals surface area contributed by atoms with Crippen LogP contribution in [0.4, 0.5) is 0 Å². The molecule has 0 radical (unpaired) electrons. The number of fused-ring (bicyclic) bond motifs is 1. The maximum absolute atomic E-state index is 11.3. The van der Waals surface area contributed by atoms with Crippen molar-refractivity contribution in [3.63, 3.8) is 0 Å². The number of benzene rings is 2. The molecule has 0 aliphatic carbocycles. The summed E-state index contributed by atoms with van der Waals surface area (Å²) in [6, 6.07) is 11.1. The van der Waals surface area contributed by atoms with E-state index >= 15 is 0 Å². The van der Waals surface area contributed by atoms with Gasteiger partial charge in [-0.3, -0.25) is 0 Å². The summed E-state index contributed by atoms with van der Waals surface area (Å²) in [7, 11) is 1.62. The molecule has 2 aromatic carbocycles. The number of carbonyl (C=O) groups is 1. The Morgan fingerprint density at radius 2 is 1.75 bits per heavy atom. The van der Waals surface area contributed by atoms with Gasteiger partial charge in [0.1, 0.15) is 18.1 Å². The lowest BCUT2D eigenvalue weighted by Gasteiger charge is -2.11. The van der Waals surface area contributed by atoms with Crippen LogP contribution in [-0.2, 0) is 9.53 Å². The number of rotatable bonds is 6. The molecule has 104 valence electrons. The lowest BCUT2D eigenvalue weighted by Crippen LogP contribution is -2.05. The molecule has 0 spiro atoms. The minimum Gasteiger partial charge on any atom is -0.491 e. The highest BCUT2D eigenvalue weighted by atomic mass is 16.5. The standard InChI is InChI=1S/C16H16O4/c1-3-16(17)20-15-9-5-6-12-13(15)7-4-8-14(12)19-11-10-18-2/h3-9H,1,10-11H2,2H3. The van der Waals surface area contributed by atoms with E-state index in [4.69, 9.17) is 14.2 Å². The first-order valence-electron chi connectivity index (χ1n) is 6.24. The zero-order valence-electron chi connectivity index (χ0n) is 11.3. The molecule has 2 rings (SSSR count). The van der Waals surface area contributed by atoms with Gasteiger partial charge in [-0.25, -0.2) is 4.79 Å². The molecule has 0 aliphatic heterocycles. The molecule has 4 nitrogen and oxygen atoms in total. The maximum atomic E-state index is 11.3. The van der Waals surface area contributed by atoms with Crippen LogP contribution in [0.1, 0.15) is 0 Å². The van der Waals surface area contributed by atoms with Crippen molar-refractivity contribution in [2.45, 2.75) is 0 Å². The lowest BCUT2D eigenvalue weighted by atomic mass is 10.1. The molecule has 0 saturated heterocycles. The van der Waals surface area contributed by atoms with Crippen LogP contribution in [0.25, 0.3) is 10.8 Å². The molecular formula is C16H16O4. The molecule has 0 atom stereocenters. The summed E-state index contributed by atoms with van der Waals surface area (Å²) in [5, 5.41) is 1.70. The number of ether oxygens (including phenoxy) is 3. The van der Waals surface area contributed by atoms with Crippen molar-refractivity contribution in [3.05, 3.63) is 49.1 Å². The van der Waals surface area contributed by atoms with E-state index in [1.165, 1.54) is 0 Å². The van der Waals surface area contributed by atoms with E-state index in [-0.39, 0.29) is 0 Å². The Hall–Kier alpha value is -2.33. The topological polar surface area (TPSA) is 44.8 Å². The molecule has 0 N–H and O–H groups in total. The van der Waals surface area contributed by atoms with Gasteiger partial charge in [-0.15, -0.1) is 0 Å². The number of hydrogen-bond donors (Lipinski definition) is 0. The molecule has 0 bridgehead atoms. The van der Waals surface area contributed by atoms with E-state index in [1.54, 1.807) is 13.2 Å². The van der Waals surface area contributed by atoms with Crippen LogP contribution in [0.15, 0.2) is 49.1 Å². The molecule has 0 unspecified atom stereocenters. The lowest BCUT2D eigenvalue weighted by molar-refractivity contribution is -0.128. The molecule has 0 aliphatic rings. The first-order valence-corrected chi connectivity index (χ1v) is 6.24. The van der Waals surface area contributed by atoms with Crippen molar-refractivity contribution < 1.29 is 19.0 Å². The number of hydrogen-bond acceptors (Lipinski definition) is 4. The molecule has 0 heterocycles. The zero-order chi connectivity index (χ0) is 14.4. The molecule has 4 heteroatoms. The second-order valence-electron chi connectivity index (χ2n) is 4.07. The highest BCUT2D eigenvalue weighted by Crippen LogP contribution is 2.32. The van der Waals surface area contributed by atoms with Crippen LogP contribution in [0.3, 0.4) is 0 Å². The normalized spacial score (nSPS) is 10.2. The second kappa shape index (κ2) is 6.73. The summed E-state index contributed by atoms with van der Waals surface area (Å²) < 4.78 is 15.8. The second-order valence-corrected chi connectivity index (χ2v) is 4.07. The summed E-state index contributed by atoms with van der Waals surface area (Å²) in [6.45, 7) is 4.37. The van der Waals surface area contributed by atoms with Crippen molar-refractivity contribution in [2.24, 2.45) is 0 Å². The van der Waals surface area contributed by atoms with Gasteiger partial charge in [0.25, 0.3) is 0 Å². The quantitative estimate of drug-likeness (QED) is 0.351. The largest absolute Gasteiger partial charge is 0.491 e. The van der Waals surface area contributed by atoms with Crippen molar-refractivity contribution in [1.82, 2.24) is 0 Å². The highest BCUT2D eigenvalue weighted by Gasteiger charge is 2.08. The minimum atomic E-state index is -0.483. The Labute approximate surface area is 117 Å². The number of esters is 1. The average Bonchev–Trinajstić information content (AvgIpc) is 2.48. The van der Waals surface area contributed by atoms with Gasteiger partial charge in [0, 0.05) is 24.0 Å². The first kappa shape index (κ1) is 14.1. The molecule has 0 saturated carbocycles. The van der Waals surface area contributed by atoms with E-state index in [2.05, 4.69) is 6.58 Å². The smallest absolute Gasteiger partial charge is 0.335 e. The van der Waals surface area contributed by atoms with Crippen LogP contribution in [0, 0.1) is 0 Å². The van der Waals surface area contributed by atoms with Gasteiger partial charge in [0.2, 0.25) is 0 Å². The van der Waals surface area contributed by atoms with Gasteiger partial charge in [-0.2, -0.15) is 0 Å². The van der Waals surface area contributed by atoms with Crippen LogP contribution in [-0.4, -0.2) is 26.3 Å². The van der Waals surface area contributed by atoms with Crippen molar-refractivity contribution in [3.8, 4) is 11.5 Å². The molecule has 2 aromatic rings. The zero-order valence-corrected chi connectivity index (χ0v) is 11.3. The third kappa shape index (κ3) is 3.16. The summed E-state index contributed by atoms with van der Waals surface area (Å²) in [6.07, 6.45) is 1.14. The van der Waals surface area contributed by atoms with Crippen molar-refractivity contribution in [1.29, 1.82) is 0 Å². The Morgan fingerprint density at radius 1 is 1.10 bits per heavy atom. The SMILES string of the molecule is C=CC(=O)Oc1cccc2c(OCCOC)cccc12. The molecule has 0 amide bonds. The Balaban J connectivity index is 2.35. The van der Waals surface area contributed by atoms with Crippen LogP contribution >= 0.6 is 0 Å². The Bertz CT molecular complexity index is 619. The Kier molecular flexibility index (Phi) is 4.74. The molecule has 0 aromatic heterocycles. The van der Waals surface area contributed by atoms with Crippen LogP contribution in [0.5, 0.6) is 11.5 Å². The van der Waals surface area contributed by atoms with E-state index < -0.39 is 5.97 Å². The fraction of sp³-hybridized carbons (Fsp3) is 0.188. The minimum absolute atomic E-state index is 0.465. The van der Waals surface area contributed by atoms with E-state index in [0.29, 0.717) is 19.0 Å². The fourth-order valence-electron chi connectivity index (χ4n) is 1.85. The van der Waals surface area contributed by atoms with Crippen molar-refractivity contribution in [2.75, 3.05) is 20.3 Å². The van der Waals surface area contributed by atoms with Crippen LogP contribution in [0.2, 0.25) is 0 Å². The van der Waals surface area contributed by atoms with Gasteiger partial charge in [0.15, 0.2) is 0 Å². The summed E-state index contributed by atoms with van der Waals surface area (Å²) in [4.78, 5) is 11.3. The third-order valence-corrected chi connectivity index (χ3v) is 2.76. The van der Waals surface area contributed by atoms with Gasteiger partial charge in [0.05, 0.1) is 6.61 Å². The number of carbonyl (C=O) groups excluding carboxylic acids is 1. The Morgan fingerprint density at radius 3 is 2.40 bits per heavy atom. The summed E-state index contributed by atoms with van der Waals surface area (Å²) in [5.41, 5.74) is 0. The van der Waals surface area contributed by atoms with E-state index in [9.17, 15) is 4.79 Å². The van der Waals surface area contributed by atoms with Gasteiger partial charge in [-0.1, -0.05) is 30.8 Å². The fourth-order valence-corrected chi connectivity index (χ4v) is 1.85. The number of methoxy groups -OCH3 is 1. The first-order chi connectivity index (χ1) is 9.76. The van der Waals surface area contributed by atoms with Crippen LogP contribution < -0.4 is 9.47 Å². The maximum Gasteiger partial charge on any atom is 0.335 e. The van der Waals surface area contributed by atoms with E-state index in [1.807, 2.05) is 30.3 Å². The van der Waals surface area contributed by atoms with Crippen molar-refractivity contribution >= 4 is 16.7 Å². The monoisotopic (exact) mass is 272 g/mol. The highest BCUT2D eigenvalue weighted by molar-refractivity contribution is 5.95. The average molecular weight is 272 g/mol. The molecular weight excluding hydrogens is 256 g/mol. The van der Waals surface area contributed by atoms with E-state index in [0.717, 1.165) is 22.6 Å². The van der Waals surface area contributed by atoms with Gasteiger partial charge >= 0.3 is 5.97 Å².